The SMILES string of the molecule is CC.N#Cc1ccc(-c2cccc(CC3CNCCO3)c2N2CCC2)cc1F.[HH]. The standard InChI is InChI=1S/C21H22FN3O.C2H6.H2/c22-20-12-15(5-6-17(20)13-23)19-4-1-3-16(21(19)25-8-2-9-25)11-18-14-24-7-10-26-18;1-2;/h1,3-6,12,18,24H,2,7-11,14H2;1-2H3;1H. The van der Waals surface area contributed by atoms with Gasteiger partial charge in [0.1, 0.15) is 11.9 Å². The molecule has 2 aromatic rings. The van der Waals surface area contributed by atoms with Crippen LogP contribution in [0.4, 0.5) is 10.1 Å². The molecule has 2 saturated heterocycles. The van der Waals surface area contributed by atoms with E-state index in [1.165, 1.54) is 23.7 Å². The number of benzene rings is 2. The third kappa shape index (κ3) is 4.35. The van der Waals surface area contributed by atoms with Crippen molar-refractivity contribution in [1.82, 2.24) is 5.32 Å². The van der Waals surface area contributed by atoms with Crippen LogP contribution in [0.1, 0.15) is 32.8 Å². The number of nitrogens with one attached hydrogen (secondary N) is 1. The molecule has 0 amide bonds. The fourth-order valence-electron chi connectivity index (χ4n) is 3.67. The molecule has 1 unspecified atom stereocenters. The summed E-state index contributed by atoms with van der Waals surface area (Å²) in [5, 5.41) is 12.4. The second-order valence-electron chi connectivity index (χ2n) is 6.86. The van der Waals surface area contributed by atoms with Crippen molar-refractivity contribution in [2.24, 2.45) is 0 Å². The number of morpholine rings is 1. The van der Waals surface area contributed by atoms with Crippen LogP contribution in [0.3, 0.4) is 0 Å². The maximum absolute atomic E-state index is 14.2. The number of nitrogens with zero attached hydrogens (tertiary/aromatic N) is 2. The Morgan fingerprint density at radius 1 is 1.29 bits per heavy atom. The minimum Gasteiger partial charge on any atom is -0.375 e. The molecule has 0 aromatic heterocycles. The minimum absolute atomic E-state index is 0. The summed E-state index contributed by atoms with van der Waals surface area (Å²) in [4.78, 5) is 2.36. The first-order valence-corrected chi connectivity index (χ1v) is 10.2. The summed E-state index contributed by atoms with van der Waals surface area (Å²) < 4.78 is 20.1. The fourth-order valence-corrected chi connectivity index (χ4v) is 3.67. The van der Waals surface area contributed by atoms with E-state index in [2.05, 4.69) is 16.3 Å². The number of rotatable bonds is 4. The second-order valence-corrected chi connectivity index (χ2v) is 6.86. The molecule has 1 N–H and O–H groups in total. The van der Waals surface area contributed by atoms with E-state index in [1.807, 2.05) is 38.1 Å². The third-order valence-corrected chi connectivity index (χ3v) is 5.14. The fraction of sp³-hybridized carbons (Fsp3) is 0.435. The molecule has 2 aliphatic heterocycles. The van der Waals surface area contributed by atoms with Gasteiger partial charge in [-0.15, -0.1) is 0 Å². The number of para-hydroxylation sites is 1. The third-order valence-electron chi connectivity index (χ3n) is 5.14. The molecule has 1 atom stereocenters. The maximum Gasteiger partial charge on any atom is 0.141 e. The monoisotopic (exact) mass is 383 g/mol. The molecule has 0 radical (unpaired) electrons. The van der Waals surface area contributed by atoms with Gasteiger partial charge in [0.15, 0.2) is 0 Å². The van der Waals surface area contributed by atoms with Crippen LogP contribution in [-0.2, 0) is 11.2 Å². The van der Waals surface area contributed by atoms with Crippen molar-refractivity contribution in [1.29, 1.82) is 5.26 Å². The summed E-state index contributed by atoms with van der Waals surface area (Å²) in [5.41, 5.74) is 4.33. The van der Waals surface area contributed by atoms with Gasteiger partial charge in [-0.3, -0.25) is 0 Å². The zero-order chi connectivity index (χ0) is 19.9. The summed E-state index contributed by atoms with van der Waals surface area (Å²) in [6.45, 7) is 8.54. The van der Waals surface area contributed by atoms with Crippen LogP contribution in [0.25, 0.3) is 11.1 Å². The van der Waals surface area contributed by atoms with Crippen molar-refractivity contribution in [3.63, 3.8) is 0 Å². The van der Waals surface area contributed by atoms with Crippen LogP contribution >= 0.6 is 0 Å². The zero-order valence-corrected chi connectivity index (χ0v) is 16.7. The van der Waals surface area contributed by atoms with Crippen molar-refractivity contribution >= 4 is 5.69 Å². The second kappa shape index (κ2) is 9.68. The summed E-state index contributed by atoms with van der Waals surface area (Å²) >= 11 is 0. The van der Waals surface area contributed by atoms with Gasteiger partial charge in [0.2, 0.25) is 0 Å². The van der Waals surface area contributed by atoms with E-state index >= 15 is 0 Å². The Kier molecular flexibility index (Phi) is 7.02. The lowest BCUT2D eigenvalue weighted by Crippen LogP contribution is -2.41. The molecule has 2 heterocycles. The van der Waals surface area contributed by atoms with Crippen molar-refractivity contribution in [3.05, 3.63) is 53.3 Å². The molecule has 0 spiro atoms. The topological polar surface area (TPSA) is 48.3 Å². The highest BCUT2D eigenvalue weighted by Gasteiger charge is 2.24. The normalized spacial score (nSPS) is 18.5. The number of hydrogen-bond acceptors (Lipinski definition) is 4. The lowest BCUT2D eigenvalue weighted by molar-refractivity contribution is 0.0293. The number of nitriles is 1. The number of halogens is 1. The van der Waals surface area contributed by atoms with Crippen LogP contribution in [0.2, 0.25) is 0 Å². The average molecular weight is 384 g/mol. The summed E-state index contributed by atoms with van der Waals surface area (Å²) in [6, 6.07) is 13.0. The lowest BCUT2D eigenvalue weighted by atomic mass is 9.93. The van der Waals surface area contributed by atoms with Crippen LogP contribution in [0.15, 0.2) is 36.4 Å². The average Bonchev–Trinajstić information content (AvgIpc) is 2.70. The van der Waals surface area contributed by atoms with E-state index in [1.54, 1.807) is 6.07 Å². The Morgan fingerprint density at radius 2 is 2.11 bits per heavy atom. The molecule has 2 fully saturated rings. The van der Waals surface area contributed by atoms with Crippen molar-refractivity contribution < 1.29 is 10.6 Å². The van der Waals surface area contributed by atoms with Crippen LogP contribution in [0, 0.1) is 17.1 Å². The van der Waals surface area contributed by atoms with Crippen LogP contribution in [0.5, 0.6) is 0 Å². The first-order chi connectivity index (χ1) is 13.8. The number of hydrogen-bond donors (Lipinski definition) is 1. The quantitative estimate of drug-likeness (QED) is 0.851. The minimum atomic E-state index is -0.468. The molecule has 4 rings (SSSR count). The highest BCUT2D eigenvalue weighted by Crippen LogP contribution is 2.37. The van der Waals surface area contributed by atoms with Gasteiger partial charge in [-0.05, 0) is 29.7 Å². The predicted molar refractivity (Wildman–Crippen MR) is 113 cm³/mol. The van der Waals surface area contributed by atoms with Crippen molar-refractivity contribution in [2.45, 2.75) is 32.8 Å². The van der Waals surface area contributed by atoms with Gasteiger partial charge in [-0.2, -0.15) is 5.26 Å². The van der Waals surface area contributed by atoms with Gasteiger partial charge in [0.05, 0.1) is 18.3 Å². The highest BCUT2D eigenvalue weighted by molar-refractivity contribution is 5.82. The molecule has 2 aliphatic rings. The summed E-state index contributed by atoms with van der Waals surface area (Å²) in [6.07, 6.45) is 2.18. The smallest absolute Gasteiger partial charge is 0.141 e. The first kappa shape index (κ1) is 20.3. The van der Waals surface area contributed by atoms with Gasteiger partial charge in [0, 0.05) is 45.3 Å². The maximum atomic E-state index is 14.2. The Bertz CT molecular complexity index is 843. The Hall–Kier alpha value is -2.42. The summed E-state index contributed by atoms with van der Waals surface area (Å²) in [5.74, 6) is -0.468. The molecule has 5 heteroatoms. The van der Waals surface area contributed by atoms with Crippen LogP contribution in [-0.4, -0.2) is 38.9 Å². The van der Waals surface area contributed by atoms with E-state index < -0.39 is 5.82 Å². The summed E-state index contributed by atoms with van der Waals surface area (Å²) in [7, 11) is 0. The van der Waals surface area contributed by atoms with E-state index in [-0.39, 0.29) is 13.1 Å². The van der Waals surface area contributed by atoms with E-state index in [0.29, 0.717) is 0 Å². The van der Waals surface area contributed by atoms with Gasteiger partial charge in [0.25, 0.3) is 0 Å². The van der Waals surface area contributed by atoms with E-state index in [0.717, 1.165) is 50.3 Å². The first-order valence-electron chi connectivity index (χ1n) is 10.2. The predicted octanol–water partition coefficient (Wildman–Crippen LogP) is 4.38. The lowest BCUT2D eigenvalue weighted by Gasteiger charge is -2.37. The Balaban J connectivity index is 0.000000970. The van der Waals surface area contributed by atoms with Crippen LogP contribution < -0.4 is 10.2 Å². The van der Waals surface area contributed by atoms with Gasteiger partial charge < -0.3 is 15.0 Å². The number of anilines is 1. The molecule has 0 saturated carbocycles. The zero-order valence-electron chi connectivity index (χ0n) is 16.7. The Labute approximate surface area is 168 Å². The molecule has 4 nitrogen and oxygen atoms in total. The molecule has 2 aromatic carbocycles. The van der Waals surface area contributed by atoms with E-state index in [9.17, 15) is 4.39 Å². The molecule has 150 valence electrons. The molecule has 0 bridgehead atoms. The van der Waals surface area contributed by atoms with Gasteiger partial charge >= 0.3 is 0 Å². The number of ether oxygens (including phenoxy) is 1. The largest absolute Gasteiger partial charge is 0.375 e. The highest BCUT2D eigenvalue weighted by atomic mass is 19.1. The van der Waals surface area contributed by atoms with E-state index in [4.69, 9.17) is 10.00 Å². The molecule has 28 heavy (non-hydrogen) atoms. The Morgan fingerprint density at radius 3 is 2.71 bits per heavy atom. The molecular weight excluding hydrogens is 353 g/mol. The van der Waals surface area contributed by atoms with Crippen molar-refractivity contribution in [3.8, 4) is 17.2 Å². The van der Waals surface area contributed by atoms with Crippen molar-refractivity contribution in [2.75, 3.05) is 37.7 Å². The molecule has 0 aliphatic carbocycles. The van der Waals surface area contributed by atoms with Gasteiger partial charge in [-0.25, -0.2) is 4.39 Å². The van der Waals surface area contributed by atoms with Gasteiger partial charge in [-0.1, -0.05) is 38.1 Å². The molecular formula is C23H30FN3O.